The molecule has 1 unspecified atom stereocenters. The summed E-state index contributed by atoms with van der Waals surface area (Å²) < 4.78 is 31.6. The van der Waals surface area contributed by atoms with Crippen LogP contribution in [0.2, 0.25) is 0 Å². The third-order valence-electron chi connectivity index (χ3n) is 2.92. The van der Waals surface area contributed by atoms with Gasteiger partial charge in [0.05, 0.1) is 12.7 Å². The first-order chi connectivity index (χ1) is 9.54. The highest BCUT2D eigenvalue weighted by Crippen LogP contribution is 2.20. The molecule has 0 radical (unpaired) electrons. The van der Waals surface area contributed by atoms with Crippen LogP contribution in [0, 0.1) is 18.6 Å². The van der Waals surface area contributed by atoms with Crippen LogP contribution in [-0.2, 0) is 0 Å². The topological polar surface area (TPSA) is 29.5 Å². The molecule has 0 aliphatic rings. The van der Waals surface area contributed by atoms with Crippen molar-refractivity contribution in [1.82, 2.24) is 0 Å². The Kier molecular flexibility index (Phi) is 4.69. The fourth-order valence-electron chi connectivity index (χ4n) is 1.93. The first-order valence-corrected chi connectivity index (χ1v) is 6.38. The second-order valence-electron chi connectivity index (χ2n) is 4.67. The number of halogens is 2. The van der Waals surface area contributed by atoms with E-state index in [0.717, 1.165) is 23.8 Å². The van der Waals surface area contributed by atoms with Crippen molar-refractivity contribution in [2.75, 3.05) is 6.61 Å². The van der Waals surface area contributed by atoms with Crippen LogP contribution in [0.4, 0.5) is 8.78 Å². The van der Waals surface area contributed by atoms with E-state index in [-0.39, 0.29) is 18.6 Å². The maximum absolute atomic E-state index is 13.0. The van der Waals surface area contributed by atoms with Gasteiger partial charge in [0.1, 0.15) is 17.4 Å². The maximum Gasteiger partial charge on any atom is 0.126 e. The molecule has 106 valence electrons. The third kappa shape index (κ3) is 4.03. The molecule has 2 aromatic carbocycles. The summed E-state index contributed by atoms with van der Waals surface area (Å²) in [6, 6.07) is 10.6. The molecule has 0 saturated carbocycles. The minimum absolute atomic E-state index is 0.218. The van der Waals surface area contributed by atoms with E-state index in [1.165, 1.54) is 0 Å². The second kappa shape index (κ2) is 6.48. The first-order valence-electron chi connectivity index (χ1n) is 6.38. The number of aryl methyl sites for hydroxylation is 1. The summed E-state index contributed by atoms with van der Waals surface area (Å²) in [5.41, 5.74) is 1.30. The van der Waals surface area contributed by atoms with Crippen molar-refractivity contribution >= 4 is 0 Å². The lowest BCUT2D eigenvalue weighted by atomic mass is 10.1. The number of rotatable bonds is 5. The van der Waals surface area contributed by atoms with Crippen LogP contribution in [0.3, 0.4) is 0 Å². The zero-order chi connectivity index (χ0) is 14.5. The predicted molar refractivity (Wildman–Crippen MR) is 72.6 cm³/mol. The third-order valence-corrected chi connectivity index (χ3v) is 2.92. The summed E-state index contributed by atoms with van der Waals surface area (Å²) in [5.74, 6) is -0.681. The van der Waals surface area contributed by atoms with Crippen molar-refractivity contribution in [1.29, 1.82) is 0 Å². The van der Waals surface area contributed by atoms with Crippen LogP contribution >= 0.6 is 0 Å². The minimum atomic E-state index is -0.954. The van der Waals surface area contributed by atoms with Gasteiger partial charge in [-0.05, 0) is 42.3 Å². The van der Waals surface area contributed by atoms with Gasteiger partial charge in [-0.15, -0.1) is 0 Å². The van der Waals surface area contributed by atoms with E-state index in [1.54, 1.807) is 0 Å². The van der Waals surface area contributed by atoms with Crippen LogP contribution in [-0.4, -0.2) is 11.7 Å². The lowest BCUT2D eigenvalue weighted by Crippen LogP contribution is -2.06. The molecular weight excluding hydrogens is 262 g/mol. The Morgan fingerprint density at radius 2 is 1.80 bits per heavy atom. The molecule has 0 aliphatic heterocycles. The van der Waals surface area contributed by atoms with Crippen molar-refractivity contribution in [3.05, 3.63) is 65.2 Å². The molecule has 0 heterocycles. The Hall–Kier alpha value is -1.94. The Bertz CT molecular complexity index is 564. The summed E-state index contributed by atoms with van der Waals surface area (Å²) in [6.07, 6.45) is -0.693. The molecule has 0 bridgehead atoms. The van der Waals surface area contributed by atoms with Gasteiger partial charge < -0.3 is 9.84 Å². The molecule has 0 spiro atoms. The van der Waals surface area contributed by atoms with E-state index < -0.39 is 17.7 Å². The molecule has 0 aliphatic carbocycles. The van der Waals surface area contributed by atoms with Gasteiger partial charge in [-0.2, -0.15) is 0 Å². The molecule has 0 saturated heterocycles. The zero-order valence-corrected chi connectivity index (χ0v) is 11.1. The highest BCUT2D eigenvalue weighted by molar-refractivity contribution is 5.27. The Labute approximate surface area is 116 Å². The van der Waals surface area contributed by atoms with Crippen LogP contribution in [0.15, 0.2) is 42.5 Å². The van der Waals surface area contributed by atoms with E-state index in [0.29, 0.717) is 5.75 Å². The smallest absolute Gasteiger partial charge is 0.126 e. The fraction of sp³-hybridized carbons (Fsp3) is 0.250. The largest absolute Gasteiger partial charge is 0.493 e. The van der Waals surface area contributed by atoms with Crippen LogP contribution in [0.25, 0.3) is 0 Å². The number of aliphatic hydroxyl groups excluding tert-OH is 1. The molecule has 2 rings (SSSR count). The van der Waals surface area contributed by atoms with E-state index >= 15 is 0 Å². The minimum Gasteiger partial charge on any atom is -0.493 e. The van der Waals surface area contributed by atoms with Gasteiger partial charge in [0.25, 0.3) is 0 Å². The van der Waals surface area contributed by atoms with E-state index in [2.05, 4.69) is 0 Å². The fourth-order valence-corrected chi connectivity index (χ4v) is 1.93. The SMILES string of the molecule is Cc1cccc(OCCC(O)c2cc(F)cc(F)c2)c1. The van der Waals surface area contributed by atoms with E-state index in [1.807, 2.05) is 31.2 Å². The van der Waals surface area contributed by atoms with E-state index in [9.17, 15) is 13.9 Å². The van der Waals surface area contributed by atoms with Crippen molar-refractivity contribution in [2.24, 2.45) is 0 Å². The van der Waals surface area contributed by atoms with Crippen molar-refractivity contribution < 1.29 is 18.6 Å². The van der Waals surface area contributed by atoms with Gasteiger partial charge in [0, 0.05) is 12.5 Å². The average molecular weight is 278 g/mol. The second-order valence-corrected chi connectivity index (χ2v) is 4.67. The summed E-state index contributed by atoms with van der Waals surface area (Å²) in [4.78, 5) is 0. The van der Waals surface area contributed by atoms with Crippen LogP contribution in [0.1, 0.15) is 23.7 Å². The standard InChI is InChI=1S/C16H16F2O2/c1-11-3-2-4-15(7-11)20-6-5-16(19)12-8-13(17)10-14(18)9-12/h2-4,7-10,16,19H,5-6H2,1H3. The summed E-state index contributed by atoms with van der Waals surface area (Å²) >= 11 is 0. The predicted octanol–water partition coefficient (Wildman–Crippen LogP) is 3.78. The highest BCUT2D eigenvalue weighted by Gasteiger charge is 2.10. The summed E-state index contributed by atoms with van der Waals surface area (Å²) in [7, 11) is 0. The zero-order valence-electron chi connectivity index (χ0n) is 11.1. The Morgan fingerprint density at radius 1 is 1.10 bits per heavy atom. The molecule has 20 heavy (non-hydrogen) atoms. The molecule has 0 fully saturated rings. The van der Waals surface area contributed by atoms with Gasteiger partial charge in [0.2, 0.25) is 0 Å². The van der Waals surface area contributed by atoms with E-state index in [4.69, 9.17) is 4.74 Å². The molecule has 1 N–H and O–H groups in total. The monoisotopic (exact) mass is 278 g/mol. The number of benzene rings is 2. The molecular formula is C16H16F2O2. The highest BCUT2D eigenvalue weighted by atomic mass is 19.1. The molecule has 2 nitrogen and oxygen atoms in total. The van der Waals surface area contributed by atoms with Crippen molar-refractivity contribution in [3.8, 4) is 5.75 Å². The normalized spacial score (nSPS) is 12.2. The molecule has 0 amide bonds. The Morgan fingerprint density at radius 3 is 2.45 bits per heavy atom. The quantitative estimate of drug-likeness (QED) is 0.902. The molecule has 2 aromatic rings. The lowest BCUT2D eigenvalue weighted by molar-refractivity contribution is 0.140. The number of aliphatic hydroxyl groups is 1. The average Bonchev–Trinajstić information content (AvgIpc) is 2.37. The van der Waals surface area contributed by atoms with Crippen molar-refractivity contribution in [2.45, 2.75) is 19.4 Å². The van der Waals surface area contributed by atoms with Gasteiger partial charge in [-0.3, -0.25) is 0 Å². The van der Waals surface area contributed by atoms with Gasteiger partial charge in [0.15, 0.2) is 0 Å². The summed E-state index contributed by atoms with van der Waals surface area (Å²) in [6.45, 7) is 2.22. The Balaban J connectivity index is 1.90. The molecule has 0 aromatic heterocycles. The van der Waals surface area contributed by atoms with Crippen LogP contribution in [0.5, 0.6) is 5.75 Å². The number of hydrogen-bond acceptors (Lipinski definition) is 2. The van der Waals surface area contributed by atoms with Gasteiger partial charge >= 0.3 is 0 Å². The van der Waals surface area contributed by atoms with Crippen molar-refractivity contribution in [3.63, 3.8) is 0 Å². The lowest BCUT2D eigenvalue weighted by Gasteiger charge is -2.12. The number of ether oxygens (including phenoxy) is 1. The maximum atomic E-state index is 13.0. The number of hydrogen-bond donors (Lipinski definition) is 1. The van der Waals surface area contributed by atoms with Crippen LogP contribution < -0.4 is 4.74 Å². The molecule has 4 heteroatoms. The first kappa shape index (κ1) is 14.5. The van der Waals surface area contributed by atoms with Gasteiger partial charge in [-0.25, -0.2) is 8.78 Å². The van der Waals surface area contributed by atoms with Gasteiger partial charge in [-0.1, -0.05) is 12.1 Å². The summed E-state index contributed by atoms with van der Waals surface area (Å²) in [5, 5.41) is 9.89. The molecule has 1 atom stereocenters.